The summed E-state index contributed by atoms with van der Waals surface area (Å²) in [5, 5.41) is 28.7. The highest BCUT2D eigenvalue weighted by atomic mass is 16.6. The first-order chi connectivity index (χ1) is 22.7. The van der Waals surface area contributed by atoms with Gasteiger partial charge in [-0.05, 0) is 63.4 Å². The van der Waals surface area contributed by atoms with Crippen molar-refractivity contribution >= 4 is 35.0 Å². The number of carbonyl (C=O) groups excluding carboxylic acids is 2. The van der Waals surface area contributed by atoms with E-state index in [0.29, 0.717) is 53.9 Å². The highest BCUT2D eigenvalue weighted by molar-refractivity contribution is 6.68. The number of carbonyl (C=O) groups is 2. The number of aliphatic hydroxyl groups is 1. The Kier molecular flexibility index (Phi) is 8.08. The number of rotatable bonds is 8. The average Bonchev–Trinajstić information content (AvgIpc) is 3.81. The van der Waals surface area contributed by atoms with E-state index in [1.807, 2.05) is 25.4 Å². The number of ether oxygens (including phenoxy) is 4. The molecule has 5 atom stereocenters. The smallest absolute Gasteiger partial charge is 0.374 e. The molecule has 0 radical (unpaired) electrons. The van der Waals surface area contributed by atoms with E-state index in [1.165, 1.54) is 0 Å². The molecule has 248 valence electrons. The van der Waals surface area contributed by atoms with Crippen molar-refractivity contribution in [2.45, 2.75) is 51.1 Å². The number of amides is 1. The van der Waals surface area contributed by atoms with Crippen LogP contribution in [0.3, 0.4) is 0 Å². The van der Waals surface area contributed by atoms with Crippen molar-refractivity contribution in [3.63, 3.8) is 0 Å². The van der Waals surface area contributed by atoms with E-state index in [4.69, 9.17) is 24.4 Å². The summed E-state index contributed by atoms with van der Waals surface area (Å²) in [4.78, 5) is 35.8. The van der Waals surface area contributed by atoms with E-state index in [9.17, 15) is 14.7 Å². The summed E-state index contributed by atoms with van der Waals surface area (Å²) in [5.41, 5.74) is 1.40. The van der Waals surface area contributed by atoms with Gasteiger partial charge in [-0.3, -0.25) is 20.8 Å². The average molecular weight is 649 g/mol. The van der Waals surface area contributed by atoms with E-state index < -0.39 is 23.6 Å². The highest BCUT2D eigenvalue weighted by Crippen LogP contribution is 2.50. The first-order valence-corrected chi connectivity index (χ1v) is 16.0. The predicted octanol–water partition coefficient (Wildman–Crippen LogP) is -2.02. The Morgan fingerprint density at radius 1 is 1.30 bits per heavy atom. The molecule has 1 amide bonds. The van der Waals surface area contributed by atoms with Crippen molar-refractivity contribution in [2.75, 3.05) is 40.0 Å². The second-order valence-corrected chi connectivity index (χ2v) is 12.5. The van der Waals surface area contributed by atoms with Gasteiger partial charge in [0.2, 0.25) is 17.4 Å². The fraction of sp³-hybridized carbons (Fsp3) is 0.469. The molecule has 6 heterocycles. The number of fused-ring (bicyclic) bond motifs is 3. The van der Waals surface area contributed by atoms with Crippen LogP contribution in [0.4, 0.5) is 0 Å². The van der Waals surface area contributed by atoms with E-state index >= 15 is 0 Å². The Morgan fingerprint density at radius 2 is 2.11 bits per heavy atom. The SMILES string of the molecule is CCOC(=O)C1=C/C(=C\C[NH+]2C=CNC2[NH+]2CN=C3C(=O)NC(=N)N=C32)c2c(cc3c(c2OC)C[C@@H]([C@](C)(O)C2CCNCC2)O3)O1. The van der Waals surface area contributed by atoms with Crippen molar-refractivity contribution < 1.29 is 43.4 Å². The van der Waals surface area contributed by atoms with Gasteiger partial charge < -0.3 is 29.4 Å². The largest absolute Gasteiger partial charge is 0.496 e. The number of benzene rings is 1. The molecule has 0 bridgehead atoms. The molecule has 1 fully saturated rings. The van der Waals surface area contributed by atoms with E-state index in [0.717, 1.165) is 41.3 Å². The number of hydrogen-bond donors (Lipinski definition) is 7. The Bertz CT molecular complexity index is 1670. The molecule has 0 saturated carbocycles. The number of methoxy groups -OCH3 is 1. The lowest BCUT2D eigenvalue weighted by Crippen LogP contribution is -3.36. The molecule has 7 N–H and O–H groups in total. The third-order valence-corrected chi connectivity index (χ3v) is 9.70. The zero-order valence-electron chi connectivity index (χ0n) is 26.6. The maximum Gasteiger partial charge on any atom is 0.374 e. The number of quaternary nitrogens is 2. The minimum atomic E-state index is -1.06. The Balaban J connectivity index is 1.20. The molecule has 6 aliphatic heterocycles. The number of nitrogens with zero attached hydrogens (tertiary/aromatic N) is 2. The molecule has 15 heteroatoms. The predicted molar refractivity (Wildman–Crippen MR) is 169 cm³/mol. The lowest BCUT2D eigenvalue weighted by molar-refractivity contribution is -1.05. The third-order valence-electron chi connectivity index (χ3n) is 9.70. The molecule has 7 rings (SSSR count). The van der Waals surface area contributed by atoms with Gasteiger partial charge in [0.05, 0.1) is 25.5 Å². The molecule has 6 aliphatic rings. The van der Waals surface area contributed by atoms with Gasteiger partial charge in [-0.2, -0.15) is 9.89 Å². The van der Waals surface area contributed by atoms with Crippen LogP contribution in [0.25, 0.3) is 5.57 Å². The van der Waals surface area contributed by atoms with Crippen molar-refractivity contribution in [3.8, 4) is 17.2 Å². The van der Waals surface area contributed by atoms with Gasteiger partial charge in [-0.25, -0.2) is 14.7 Å². The van der Waals surface area contributed by atoms with Crippen molar-refractivity contribution in [2.24, 2.45) is 15.9 Å². The molecule has 1 aromatic carbocycles. The van der Waals surface area contributed by atoms with Crippen molar-refractivity contribution in [1.29, 1.82) is 5.41 Å². The van der Waals surface area contributed by atoms with Crippen molar-refractivity contribution in [3.05, 3.63) is 47.5 Å². The Morgan fingerprint density at radius 3 is 2.87 bits per heavy atom. The van der Waals surface area contributed by atoms with Crippen LogP contribution in [0.15, 0.2) is 46.4 Å². The fourth-order valence-electron chi connectivity index (χ4n) is 7.23. The van der Waals surface area contributed by atoms with E-state index in [-0.39, 0.29) is 36.2 Å². The van der Waals surface area contributed by atoms with Gasteiger partial charge in [0.1, 0.15) is 41.7 Å². The van der Waals surface area contributed by atoms with Gasteiger partial charge in [-0.1, -0.05) is 0 Å². The Labute approximate surface area is 271 Å². The quantitative estimate of drug-likeness (QED) is 0.156. The third kappa shape index (κ3) is 5.48. The molecule has 1 saturated heterocycles. The topological polar surface area (TPSA) is 185 Å². The van der Waals surface area contributed by atoms with Crippen LogP contribution in [0, 0.1) is 11.3 Å². The minimum Gasteiger partial charge on any atom is -0.496 e. The van der Waals surface area contributed by atoms with Gasteiger partial charge in [-0.15, -0.1) is 0 Å². The van der Waals surface area contributed by atoms with Crippen LogP contribution in [0.1, 0.15) is 37.8 Å². The molecule has 0 aromatic heterocycles. The minimum absolute atomic E-state index is 0.0368. The van der Waals surface area contributed by atoms with Gasteiger partial charge in [0, 0.05) is 18.1 Å². The van der Waals surface area contributed by atoms with Crippen LogP contribution >= 0.6 is 0 Å². The van der Waals surface area contributed by atoms with Crippen molar-refractivity contribution in [1.82, 2.24) is 16.0 Å². The zero-order chi connectivity index (χ0) is 32.9. The van der Waals surface area contributed by atoms with Crippen LogP contribution in [-0.4, -0.2) is 92.5 Å². The number of amidine groups is 1. The van der Waals surface area contributed by atoms with E-state index in [2.05, 4.69) is 25.9 Å². The molecule has 47 heavy (non-hydrogen) atoms. The molecule has 0 aliphatic carbocycles. The maximum atomic E-state index is 12.9. The summed E-state index contributed by atoms with van der Waals surface area (Å²) in [6.45, 7) is 6.25. The summed E-state index contributed by atoms with van der Waals surface area (Å²) in [5.74, 6) is 0.837. The van der Waals surface area contributed by atoms with Crippen LogP contribution in [-0.2, 0) is 20.7 Å². The molecule has 3 unspecified atom stereocenters. The van der Waals surface area contributed by atoms with Gasteiger partial charge in [0.25, 0.3) is 11.7 Å². The number of piperidine rings is 1. The summed E-state index contributed by atoms with van der Waals surface area (Å²) in [6.07, 6.45) is 8.91. The molecule has 0 spiro atoms. The number of esters is 1. The summed E-state index contributed by atoms with van der Waals surface area (Å²) >= 11 is 0. The standard InChI is InChI=1S/C32H38N8O7/c1-4-45-29(42)22-13-17(7-11-39-12-10-35-31(39)40-16-36-25-27(40)37-30(33)38-28(25)41)24-21(46-22)15-20-19(26(24)44-3)14-23(47-20)32(2,43)18-5-8-34-9-6-18/h7,10,12-13,15,18,23,31,34-35,43H,4-6,8-9,11,14,16H2,1-3H3,(H2,33,38,41)/p+2/b17-7+/t23-,31?,32+/m0/s1. The molecule has 15 nitrogen and oxygen atoms in total. The number of aliphatic imine (C=N–C) groups is 2. The lowest BCUT2D eigenvalue weighted by atomic mass is 9.77. The molecular weight excluding hydrogens is 608 g/mol. The first kappa shape index (κ1) is 31.1. The van der Waals surface area contributed by atoms with Gasteiger partial charge in [0.15, 0.2) is 6.67 Å². The molecule has 1 aromatic rings. The highest BCUT2D eigenvalue weighted by Gasteiger charge is 2.48. The second kappa shape index (κ2) is 12.2. The van der Waals surface area contributed by atoms with Gasteiger partial charge >= 0.3 is 12.3 Å². The maximum absolute atomic E-state index is 12.9. The molecular formula is C32H40N8O7+2. The monoisotopic (exact) mass is 648 g/mol. The second-order valence-electron chi connectivity index (χ2n) is 12.5. The first-order valence-electron chi connectivity index (χ1n) is 16.0. The summed E-state index contributed by atoms with van der Waals surface area (Å²) < 4.78 is 23.8. The normalized spacial score (nSPS) is 28.4. The van der Waals surface area contributed by atoms with E-state index in [1.54, 1.807) is 26.2 Å². The lowest BCUT2D eigenvalue weighted by Gasteiger charge is -2.39. The van der Waals surface area contributed by atoms with Crippen LogP contribution < -0.4 is 40.0 Å². The number of allylic oxidation sites excluding steroid dienone is 2. The number of hydrogen-bond acceptors (Lipinski definition) is 11. The van der Waals surface area contributed by atoms with Crippen LogP contribution in [0.2, 0.25) is 0 Å². The van der Waals surface area contributed by atoms with Crippen LogP contribution in [0.5, 0.6) is 17.2 Å². The number of guanidine groups is 1. The summed E-state index contributed by atoms with van der Waals surface area (Å²) in [7, 11) is 1.59. The summed E-state index contributed by atoms with van der Waals surface area (Å²) in [6, 6.07) is 1.77. The fourth-order valence-corrected chi connectivity index (χ4v) is 7.23. The number of nitrogens with one attached hydrogen (secondary N) is 6. The zero-order valence-corrected chi connectivity index (χ0v) is 26.6. The Hall–Kier alpha value is -4.57.